The van der Waals surface area contributed by atoms with E-state index in [0.717, 1.165) is 23.1 Å². The van der Waals surface area contributed by atoms with Crippen LogP contribution in [0.25, 0.3) is 10.7 Å². The fraction of sp³-hybridized carbons (Fsp3) is 0.444. The third kappa shape index (κ3) is 4.13. The van der Waals surface area contributed by atoms with E-state index < -0.39 is 6.36 Å². The smallest absolute Gasteiger partial charge is 0.406 e. The van der Waals surface area contributed by atoms with Gasteiger partial charge >= 0.3 is 6.36 Å². The molecule has 0 N–H and O–H groups in total. The van der Waals surface area contributed by atoms with Gasteiger partial charge in [0, 0.05) is 44.1 Å². The van der Waals surface area contributed by atoms with Crippen LogP contribution >= 0.6 is 22.9 Å². The second kappa shape index (κ2) is 7.52. The topological polar surface area (TPSA) is 72.2 Å². The van der Waals surface area contributed by atoms with Gasteiger partial charge in [0.25, 0.3) is 0 Å². The van der Waals surface area contributed by atoms with Crippen LogP contribution in [0.2, 0.25) is 5.02 Å². The van der Waals surface area contributed by atoms with Crippen molar-refractivity contribution >= 4 is 33.8 Å². The van der Waals surface area contributed by atoms with Crippen LogP contribution in [-0.4, -0.2) is 57.7 Å². The molecule has 1 aromatic carbocycles. The second-order valence-corrected chi connectivity index (χ2v) is 9.02. The molecule has 4 heterocycles. The molecule has 2 aromatic heterocycles. The van der Waals surface area contributed by atoms with Crippen molar-refractivity contribution < 1.29 is 17.9 Å². The fourth-order valence-electron chi connectivity index (χ4n) is 4.18. The Morgan fingerprint density at radius 1 is 1.13 bits per heavy atom. The lowest BCUT2D eigenvalue weighted by molar-refractivity contribution is -0.274. The first-order valence-corrected chi connectivity index (χ1v) is 10.7. The number of aryl methyl sites for hydroxylation is 1. The largest absolute Gasteiger partial charge is 0.573 e. The lowest BCUT2D eigenvalue weighted by Crippen LogP contribution is -2.28. The molecule has 164 valence electrons. The normalized spacial score (nSPS) is 21.1. The van der Waals surface area contributed by atoms with Crippen LogP contribution in [0.15, 0.2) is 24.4 Å². The maximum Gasteiger partial charge on any atom is 0.573 e. The van der Waals surface area contributed by atoms with Gasteiger partial charge in [0.05, 0.1) is 28.8 Å². The van der Waals surface area contributed by atoms with Crippen LogP contribution in [0, 0.1) is 11.8 Å². The first kappa shape index (κ1) is 20.3. The second-order valence-electron chi connectivity index (χ2n) is 7.60. The van der Waals surface area contributed by atoms with E-state index in [9.17, 15) is 13.2 Å². The van der Waals surface area contributed by atoms with Gasteiger partial charge in [0.15, 0.2) is 5.13 Å². The first-order valence-electron chi connectivity index (χ1n) is 9.50. The Morgan fingerprint density at radius 2 is 1.84 bits per heavy atom. The van der Waals surface area contributed by atoms with E-state index in [-0.39, 0.29) is 5.75 Å². The molecule has 0 aliphatic carbocycles. The van der Waals surface area contributed by atoms with Crippen molar-refractivity contribution in [3.63, 3.8) is 0 Å². The Hall–Kier alpha value is -2.60. The highest BCUT2D eigenvalue weighted by molar-refractivity contribution is 7.18. The van der Waals surface area contributed by atoms with Crippen LogP contribution in [0.4, 0.5) is 24.0 Å². The molecule has 0 bridgehead atoms. The summed E-state index contributed by atoms with van der Waals surface area (Å²) in [5, 5.41) is 13.4. The van der Waals surface area contributed by atoms with E-state index in [1.165, 1.54) is 34.3 Å². The zero-order chi connectivity index (χ0) is 21.8. The zero-order valence-corrected chi connectivity index (χ0v) is 17.8. The molecule has 13 heteroatoms. The molecule has 2 saturated heterocycles. The molecule has 8 nitrogen and oxygen atoms in total. The van der Waals surface area contributed by atoms with Crippen molar-refractivity contribution in [2.45, 2.75) is 6.36 Å². The fourth-order valence-corrected chi connectivity index (χ4v) is 5.27. The minimum absolute atomic E-state index is 0.265. The highest BCUT2D eigenvalue weighted by Crippen LogP contribution is 2.41. The predicted molar refractivity (Wildman–Crippen MR) is 109 cm³/mol. The Labute approximate surface area is 184 Å². The molecule has 2 aliphatic heterocycles. The summed E-state index contributed by atoms with van der Waals surface area (Å²) < 4.78 is 41.7. The number of rotatable bonds is 4. The summed E-state index contributed by atoms with van der Waals surface area (Å²) >= 11 is 7.80. The quantitative estimate of drug-likeness (QED) is 0.577. The Bertz CT molecular complexity index is 1090. The summed E-state index contributed by atoms with van der Waals surface area (Å²) in [6, 6.07) is 4.02. The number of fused-ring (bicyclic) bond motifs is 1. The van der Waals surface area contributed by atoms with E-state index in [1.807, 2.05) is 4.90 Å². The van der Waals surface area contributed by atoms with Crippen LogP contribution in [0.5, 0.6) is 5.75 Å². The Balaban J connectivity index is 1.26. The summed E-state index contributed by atoms with van der Waals surface area (Å²) in [7, 11) is 1.71. The van der Waals surface area contributed by atoms with Gasteiger partial charge in [-0.2, -0.15) is 4.80 Å². The molecule has 0 radical (unpaired) electrons. The molecule has 2 atom stereocenters. The van der Waals surface area contributed by atoms with Gasteiger partial charge in [-0.3, -0.25) is 0 Å². The molecule has 3 aromatic rings. The first-order chi connectivity index (χ1) is 14.7. The number of anilines is 2. The van der Waals surface area contributed by atoms with Crippen molar-refractivity contribution in [1.82, 2.24) is 25.2 Å². The minimum atomic E-state index is -4.74. The van der Waals surface area contributed by atoms with Crippen molar-refractivity contribution in [1.29, 1.82) is 0 Å². The number of alkyl halides is 3. The molecule has 5 rings (SSSR count). The summed E-state index contributed by atoms with van der Waals surface area (Å²) in [5.74, 6) is 1.02. The average Bonchev–Trinajstić information content (AvgIpc) is 3.43. The van der Waals surface area contributed by atoms with Crippen LogP contribution in [0.1, 0.15) is 0 Å². The number of nitrogens with zero attached hydrogens (tertiary/aromatic N) is 7. The van der Waals surface area contributed by atoms with Gasteiger partial charge in [-0.05, 0) is 17.3 Å². The third-order valence-electron chi connectivity index (χ3n) is 5.47. The molecular weight excluding hydrogens is 455 g/mol. The van der Waals surface area contributed by atoms with Crippen LogP contribution < -0.4 is 14.5 Å². The number of halogens is 4. The number of aromatic nitrogens is 5. The van der Waals surface area contributed by atoms with Gasteiger partial charge in [-0.1, -0.05) is 22.9 Å². The number of hydrogen-bond acceptors (Lipinski definition) is 8. The maximum absolute atomic E-state index is 12.6. The number of benzene rings is 1. The SMILES string of the molecule is Cn1nnc(-c2cnc(N3CC4CN(c5cc(OC(F)(F)F)ccc5Cl)CC4C3)s2)n1. The van der Waals surface area contributed by atoms with Gasteiger partial charge in [-0.15, -0.1) is 23.4 Å². The highest BCUT2D eigenvalue weighted by atomic mass is 35.5. The van der Waals surface area contributed by atoms with Gasteiger partial charge in [0.1, 0.15) is 5.75 Å². The van der Waals surface area contributed by atoms with E-state index in [1.54, 1.807) is 13.2 Å². The van der Waals surface area contributed by atoms with Crippen molar-refractivity contribution in [3.8, 4) is 16.5 Å². The number of thiazole rings is 1. The lowest BCUT2D eigenvalue weighted by atomic mass is 10.0. The predicted octanol–water partition coefficient (Wildman–Crippen LogP) is 3.46. The monoisotopic (exact) mass is 471 g/mol. The van der Waals surface area contributed by atoms with Gasteiger partial charge < -0.3 is 14.5 Å². The molecule has 0 amide bonds. The third-order valence-corrected chi connectivity index (χ3v) is 6.84. The molecule has 31 heavy (non-hydrogen) atoms. The van der Waals surface area contributed by atoms with Gasteiger partial charge in [-0.25, -0.2) is 4.98 Å². The average molecular weight is 472 g/mol. The summed E-state index contributed by atoms with van der Waals surface area (Å²) in [6.07, 6.45) is -2.98. The van der Waals surface area contributed by atoms with E-state index >= 15 is 0 Å². The Kier molecular flexibility index (Phi) is 4.93. The van der Waals surface area contributed by atoms with Crippen LogP contribution in [-0.2, 0) is 7.05 Å². The zero-order valence-electron chi connectivity index (χ0n) is 16.3. The number of ether oxygens (including phenoxy) is 1. The van der Waals surface area contributed by atoms with E-state index in [0.29, 0.717) is 41.5 Å². The summed E-state index contributed by atoms with van der Waals surface area (Å²) in [4.78, 5) is 11.1. The highest BCUT2D eigenvalue weighted by Gasteiger charge is 2.41. The van der Waals surface area contributed by atoms with Crippen LogP contribution in [0.3, 0.4) is 0 Å². The lowest BCUT2D eigenvalue weighted by Gasteiger charge is -2.24. The summed E-state index contributed by atoms with van der Waals surface area (Å²) in [6.45, 7) is 3.05. The van der Waals surface area contributed by atoms with Gasteiger partial charge in [0.2, 0.25) is 5.82 Å². The summed E-state index contributed by atoms with van der Waals surface area (Å²) in [5.41, 5.74) is 0.564. The van der Waals surface area contributed by atoms with E-state index in [4.69, 9.17) is 11.6 Å². The molecule has 2 fully saturated rings. The Morgan fingerprint density at radius 3 is 2.48 bits per heavy atom. The molecule has 2 unspecified atom stereocenters. The molecular formula is C18H17ClF3N7OS. The van der Waals surface area contributed by atoms with Crippen molar-refractivity contribution in [3.05, 3.63) is 29.4 Å². The molecule has 2 aliphatic rings. The minimum Gasteiger partial charge on any atom is -0.406 e. The molecule has 0 saturated carbocycles. The van der Waals surface area contributed by atoms with Crippen molar-refractivity contribution in [2.24, 2.45) is 18.9 Å². The number of tetrazole rings is 1. The standard InChI is InChI=1S/C18H17ClF3N7OS/c1-27-25-16(24-26-27)15-5-23-17(31-15)29-8-10-6-28(7-11(10)9-29)14-4-12(2-3-13(14)19)30-18(20,21)22/h2-5,10-11H,6-9H2,1H3. The van der Waals surface area contributed by atoms with E-state index in [2.05, 4.69) is 30.0 Å². The molecule has 0 spiro atoms. The number of hydrogen-bond donors (Lipinski definition) is 0. The van der Waals surface area contributed by atoms with Crippen molar-refractivity contribution in [2.75, 3.05) is 36.0 Å². The maximum atomic E-state index is 12.6.